The Labute approximate surface area is 181 Å². The zero-order valence-electron chi connectivity index (χ0n) is 17.2. The molecule has 0 amide bonds. The Morgan fingerprint density at radius 1 is 0.967 bits per heavy atom. The van der Waals surface area contributed by atoms with Gasteiger partial charge in [-0.15, -0.1) is 0 Å². The summed E-state index contributed by atoms with van der Waals surface area (Å²) < 4.78 is 5.71. The summed E-state index contributed by atoms with van der Waals surface area (Å²) in [5.41, 5.74) is 6.17. The normalized spacial score (nSPS) is 10.9. The summed E-state index contributed by atoms with van der Waals surface area (Å²) in [6, 6.07) is 20.9. The predicted octanol–water partition coefficient (Wildman–Crippen LogP) is 6.95. The van der Waals surface area contributed by atoms with Crippen molar-refractivity contribution in [2.45, 2.75) is 27.2 Å². The highest BCUT2D eigenvalue weighted by atomic mass is 35.5. The standard InChI is InChI=1S/C26H22ClNO2/c1-4-18-5-11-21(12-6-18)30-26(29)23-15-24(19-7-9-20(27)10-8-19)28-25-17(3)13-16(2)14-22(23)25/h5-15H,4H2,1-3H3. The Morgan fingerprint density at radius 3 is 2.33 bits per heavy atom. The molecule has 4 aromatic rings. The third-order valence-electron chi connectivity index (χ3n) is 5.15. The van der Waals surface area contributed by atoms with Crippen LogP contribution in [0, 0.1) is 13.8 Å². The number of hydrogen-bond acceptors (Lipinski definition) is 3. The number of esters is 1. The summed E-state index contributed by atoms with van der Waals surface area (Å²) in [7, 11) is 0. The van der Waals surface area contributed by atoms with Gasteiger partial charge in [-0.2, -0.15) is 0 Å². The Balaban J connectivity index is 1.83. The first-order valence-electron chi connectivity index (χ1n) is 9.93. The van der Waals surface area contributed by atoms with Crippen LogP contribution < -0.4 is 4.74 Å². The molecule has 3 aromatic carbocycles. The SMILES string of the molecule is CCc1ccc(OC(=O)c2cc(-c3ccc(Cl)cc3)nc3c(C)cc(C)cc23)cc1. The third kappa shape index (κ3) is 4.07. The van der Waals surface area contributed by atoms with E-state index in [0.29, 0.717) is 22.0 Å². The van der Waals surface area contributed by atoms with Crippen LogP contribution in [0.5, 0.6) is 5.75 Å². The van der Waals surface area contributed by atoms with Crippen LogP contribution in [0.2, 0.25) is 5.02 Å². The quantitative estimate of drug-likeness (QED) is 0.267. The number of carbonyl (C=O) groups excluding carboxylic acids is 1. The Bertz CT molecular complexity index is 1230. The molecule has 0 atom stereocenters. The largest absolute Gasteiger partial charge is 0.423 e. The van der Waals surface area contributed by atoms with Gasteiger partial charge in [0.1, 0.15) is 5.75 Å². The molecule has 0 spiro atoms. The molecule has 0 saturated heterocycles. The van der Waals surface area contributed by atoms with Crippen molar-refractivity contribution in [3.05, 3.63) is 94.0 Å². The van der Waals surface area contributed by atoms with Crippen LogP contribution in [0.25, 0.3) is 22.2 Å². The summed E-state index contributed by atoms with van der Waals surface area (Å²) in [5, 5.41) is 1.45. The molecular weight excluding hydrogens is 394 g/mol. The van der Waals surface area contributed by atoms with Gasteiger partial charge < -0.3 is 4.74 Å². The minimum Gasteiger partial charge on any atom is -0.423 e. The first kappa shape index (κ1) is 20.1. The highest BCUT2D eigenvalue weighted by Gasteiger charge is 2.18. The molecule has 4 heteroatoms. The number of aromatic nitrogens is 1. The van der Waals surface area contributed by atoms with Gasteiger partial charge in [-0.1, -0.05) is 54.4 Å². The average molecular weight is 416 g/mol. The Morgan fingerprint density at radius 2 is 1.67 bits per heavy atom. The van der Waals surface area contributed by atoms with Gasteiger partial charge in [-0.3, -0.25) is 0 Å². The summed E-state index contributed by atoms with van der Waals surface area (Å²) >= 11 is 6.04. The molecule has 0 bridgehead atoms. The van der Waals surface area contributed by atoms with E-state index < -0.39 is 5.97 Å². The number of fused-ring (bicyclic) bond motifs is 1. The summed E-state index contributed by atoms with van der Waals surface area (Å²) in [6.07, 6.45) is 0.937. The van der Waals surface area contributed by atoms with Crippen molar-refractivity contribution in [1.82, 2.24) is 4.98 Å². The number of rotatable bonds is 4. The molecule has 3 nitrogen and oxygen atoms in total. The van der Waals surface area contributed by atoms with E-state index >= 15 is 0 Å². The van der Waals surface area contributed by atoms with E-state index in [-0.39, 0.29) is 0 Å². The van der Waals surface area contributed by atoms with E-state index in [9.17, 15) is 4.79 Å². The molecule has 0 unspecified atom stereocenters. The fraction of sp³-hybridized carbons (Fsp3) is 0.154. The molecule has 150 valence electrons. The van der Waals surface area contributed by atoms with Crippen LogP contribution in [0.3, 0.4) is 0 Å². The zero-order chi connectivity index (χ0) is 21.3. The van der Waals surface area contributed by atoms with Crippen molar-refractivity contribution in [3.63, 3.8) is 0 Å². The van der Waals surface area contributed by atoms with E-state index in [2.05, 4.69) is 13.0 Å². The number of halogens is 1. The monoisotopic (exact) mass is 415 g/mol. The number of aryl methyl sites for hydroxylation is 3. The lowest BCUT2D eigenvalue weighted by molar-refractivity contribution is 0.0737. The van der Waals surface area contributed by atoms with Crippen molar-refractivity contribution in [1.29, 1.82) is 0 Å². The fourth-order valence-electron chi connectivity index (χ4n) is 3.57. The lowest BCUT2D eigenvalue weighted by Crippen LogP contribution is -2.10. The second-order valence-electron chi connectivity index (χ2n) is 7.43. The highest BCUT2D eigenvalue weighted by Crippen LogP contribution is 2.29. The molecule has 0 N–H and O–H groups in total. The van der Waals surface area contributed by atoms with Crippen LogP contribution >= 0.6 is 11.6 Å². The van der Waals surface area contributed by atoms with Gasteiger partial charge in [0, 0.05) is 16.0 Å². The second-order valence-corrected chi connectivity index (χ2v) is 7.86. The number of pyridine rings is 1. The Kier molecular flexibility index (Phi) is 5.56. The minimum absolute atomic E-state index is 0.396. The maximum atomic E-state index is 13.2. The van der Waals surface area contributed by atoms with Crippen LogP contribution in [0.15, 0.2) is 66.7 Å². The van der Waals surface area contributed by atoms with Crippen molar-refractivity contribution >= 4 is 28.5 Å². The van der Waals surface area contributed by atoms with Gasteiger partial charge in [0.25, 0.3) is 0 Å². The van der Waals surface area contributed by atoms with Crippen LogP contribution in [0.4, 0.5) is 0 Å². The Hall–Kier alpha value is -3.17. The maximum absolute atomic E-state index is 13.2. The maximum Gasteiger partial charge on any atom is 0.344 e. The predicted molar refractivity (Wildman–Crippen MR) is 122 cm³/mol. The van der Waals surface area contributed by atoms with E-state index in [0.717, 1.165) is 34.0 Å². The van der Waals surface area contributed by atoms with Gasteiger partial charge in [0.2, 0.25) is 0 Å². The van der Waals surface area contributed by atoms with Gasteiger partial charge in [-0.25, -0.2) is 9.78 Å². The number of ether oxygens (including phenoxy) is 1. The van der Waals surface area contributed by atoms with Crippen molar-refractivity contribution in [2.75, 3.05) is 0 Å². The molecule has 4 rings (SSSR count). The van der Waals surface area contributed by atoms with E-state index in [1.165, 1.54) is 5.56 Å². The third-order valence-corrected chi connectivity index (χ3v) is 5.40. The number of nitrogens with zero attached hydrogens (tertiary/aromatic N) is 1. The van der Waals surface area contributed by atoms with Crippen LogP contribution in [-0.2, 0) is 6.42 Å². The molecule has 0 fully saturated rings. The molecule has 0 aliphatic rings. The van der Waals surface area contributed by atoms with E-state index in [1.807, 2.05) is 68.4 Å². The molecule has 0 aliphatic heterocycles. The molecule has 0 radical (unpaired) electrons. The summed E-state index contributed by atoms with van der Waals surface area (Å²) in [4.78, 5) is 18.0. The smallest absolute Gasteiger partial charge is 0.344 e. The number of hydrogen-bond donors (Lipinski definition) is 0. The van der Waals surface area contributed by atoms with Gasteiger partial charge >= 0.3 is 5.97 Å². The second kappa shape index (κ2) is 8.29. The lowest BCUT2D eigenvalue weighted by atomic mass is 10.00. The van der Waals surface area contributed by atoms with Crippen molar-refractivity contribution < 1.29 is 9.53 Å². The first-order valence-corrected chi connectivity index (χ1v) is 10.3. The number of carbonyl (C=O) groups is 1. The summed E-state index contributed by atoms with van der Waals surface area (Å²) in [6.45, 7) is 6.11. The fourth-order valence-corrected chi connectivity index (χ4v) is 3.70. The van der Waals surface area contributed by atoms with Gasteiger partial charge in [0.05, 0.1) is 16.8 Å². The van der Waals surface area contributed by atoms with Crippen LogP contribution in [0.1, 0.15) is 34.0 Å². The van der Waals surface area contributed by atoms with Crippen LogP contribution in [-0.4, -0.2) is 11.0 Å². The minimum atomic E-state index is -0.396. The molecule has 0 aliphatic carbocycles. The number of benzene rings is 3. The average Bonchev–Trinajstić information content (AvgIpc) is 2.74. The first-order chi connectivity index (χ1) is 14.4. The topological polar surface area (TPSA) is 39.2 Å². The van der Waals surface area contributed by atoms with Crippen molar-refractivity contribution in [3.8, 4) is 17.0 Å². The zero-order valence-corrected chi connectivity index (χ0v) is 18.0. The molecule has 0 saturated carbocycles. The molecular formula is C26H22ClNO2. The molecule has 30 heavy (non-hydrogen) atoms. The van der Waals surface area contributed by atoms with E-state index in [4.69, 9.17) is 21.3 Å². The van der Waals surface area contributed by atoms with Gasteiger partial charge in [-0.05, 0) is 67.8 Å². The molecule has 1 heterocycles. The van der Waals surface area contributed by atoms with Gasteiger partial charge in [0.15, 0.2) is 0 Å². The summed E-state index contributed by atoms with van der Waals surface area (Å²) in [5.74, 6) is 0.131. The van der Waals surface area contributed by atoms with E-state index in [1.54, 1.807) is 6.07 Å². The highest BCUT2D eigenvalue weighted by molar-refractivity contribution is 6.30. The lowest BCUT2D eigenvalue weighted by Gasteiger charge is -2.13. The molecule has 1 aromatic heterocycles. The van der Waals surface area contributed by atoms with Crippen molar-refractivity contribution in [2.24, 2.45) is 0 Å².